The number of carboxylic acids is 1. The van der Waals surface area contributed by atoms with E-state index in [1.807, 2.05) is 25.1 Å². The second kappa shape index (κ2) is 8.44. The lowest BCUT2D eigenvalue weighted by atomic mass is 10.0. The predicted octanol–water partition coefficient (Wildman–Crippen LogP) is 2.19. The molecule has 0 bridgehead atoms. The van der Waals surface area contributed by atoms with E-state index < -0.39 is 17.4 Å². The van der Waals surface area contributed by atoms with Crippen LogP contribution in [0.25, 0.3) is 0 Å². The molecule has 7 heteroatoms. The summed E-state index contributed by atoms with van der Waals surface area (Å²) in [5.41, 5.74) is 0.513. The average Bonchev–Trinajstić information content (AvgIpc) is 2.61. The molecule has 1 aromatic carbocycles. The monoisotopic (exact) mass is 358 g/mol. The van der Waals surface area contributed by atoms with E-state index in [1.165, 1.54) is 14.0 Å². The number of nitrogens with one attached hydrogen (secondary N) is 1. The zero-order valence-electron chi connectivity index (χ0n) is 15.0. The zero-order chi connectivity index (χ0) is 19.2. The fraction of sp³-hybridized carbons (Fsp3) is 0.316. The number of pyridine rings is 1. The zero-order valence-corrected chi connectivity index (χ0v) is 15.0. The smallest absolute Gasteiger partial charge is 0.331 e. The van der Waals surface area contributed by atoms with Crippen LogP contribution in [0.2, 0.25) is 0 Å². The number of hydrogen-bond acceptors (Lipinski definition) is 5. The summed E-state index contributed by atoms with van der Waals surface area (Å²) >= 11 is 0. The van der Waals surface area contributed by atoms with E-state index in [0.717, 1.165) is 11.3 Å². The molecule has 1 amide bonds. The summed E-state index contributed by atoms with van der Waals surface area (Å²) < 4.78 is 10.6. The van der Waals surface area contributed by atoms with E-state index in [4.69, 9.17) is 9.47 Å². The van der Waals surface area contributed by atoms with Gasteiger partial charge in [0.05, 0.1) is 12.8 Å². The van der Waals surface area contributed by atoms with E-state index in [1.54, 1.807) is 24.4 Å². The van der Waals surface area contributed by atoms with Gasteiger partial charge in [-0.2, -0.15) is 0 Å². The van der Waals surface area contributed by atoms with E-state index in [0.29, 0.717) is 11.3 Å². The van der Waals surface area contributed by atoms with Crippen LogP contribution >= 0.6 is 0 Å². The topological polar surface area (TPSA) is 97.8 Å². The third kappa shape index (κ3) is 5.03. The number of ether oxygens (including phenoxy) is 2. The highest BCUT2D eigenvalue weighted by molar-refractivity contribution is 5.97. The Balaban J connectivity index is 2.06. The average molecular weight is 358 g/mol. The minimum Gasteiger partial charge on any atom is -0.487 e. The summed E-state index contributed by atoms with van der Waals surface area (Å²) in [4.78, 5) is 28.0. The maximum Gasteiger partial charge on any atom is 0.331 e. The van der Waals surface area contributed by atoms with Crippen molar-refractivity contribution in [2.75, 3.05) is 13.7 Å². The summed E-state index contributed by atoms with van der Waals surface area (Å²) in [6.07, 6.45) is 1.63. The van der Waals surface area contributed by atoms with Gasteiger partial charge in [0.15, 0.2) is 5.54 Å². The lowest BCUT2D eigenvalue weighted by Crippen LogP contribution is -2.55. The number of amides is 1. The Labute approximate surface area is 152 Å². The fourth-order valence-electron chi connectivity index (χ4n) is 2.27. The van der Waals surface area contributed by atoms with Gasteiger partial charge in [-0.05, 0) is 43.7 Å². The highest BCUT2D eigenvalue weighted by atomic mass is 16.5. The van der Waals surface area contributed by atoms with Gasteiger partial charge in [0.1, 0.15) is 12.4 Å². The molecule has 7 nitrogen and oxygen atoms in total. The van der Waals surface area contributed by atoms with Crippen LogP contribution in [-0.4, -0.2) is 41.2 Å². The fourth-order valence-corrected chi connectivity index (χ4v) is 2.27. The normalized spacial score (nSPS) is 12.9. The van der Waals surface area contributed by atoms with Crippen molar-refractivity contribution in [1.29, 1.82) is 0 Å². The van der Waals surface area contributed by atoms with Gasteiger partial charge in [-0.3, -0.25) is 9.78 Å². The molecule has 0 fully saturated rings. The number of methoxy groups -OCH3 is 1. The molecule has 1 atom stereocenters. The molecule has 138 valence electrons. The van der Waals surface area contributed by atoms with Crippen molar-refractivity contribution < 1.29 is 24.2 Å². The van der Waals surface area contributed by atoms with Crippen LogP contribution < -0.4 is 10.1 Å². The Bertz CT molecular complexity index is 776. The van der Waals surface area contributed by atoms with Gasteiger partial charge >= 0.3 is 5.97 Å². The molecule has 1 aromatic heterocycles. The van der Waals surface area contributed by atoms with Gasteiger partial charge in [0.25, 0.3) is 5.91 Å². The van der Waals surface area contributed by atoms with Gasteiger partial charge in [-0.25, -0.2) is 4.79 Å². The highest BCUT2D eigenvalue weighted by Gasteiger charge is 2.35. The lowest BCUT2D eigenvalue weighted by molar-refractivity contribution is -0.145. The molecule has 0 radical (unpaired) electrons. The Morgan fingerprint density at radius 3 is 2.65 bits per heavy atom. The molecule has 2 rings (SSSR count). The quantitative estimate of drug-likeness (QED) is 0.751. The van der Waals surface area contributed by atoms with Gasteiger partial charge in [-0.15, -0.1) is 0 Å². The highest BCUT2D eigenvalue weighted by Crippen LogP contribution is 2.14. The van der Waals surface area contributed by atoms with Crippen molar-refractivity contribution in [2.45, 2.75) is 26.0 Å². The first-order valence-electron chi connectivity index (χ1n) is 8.03. The van der Waals surface area contributed by atoms with Gasteiger partial charge in [0, 0.05) is 18.4 Å². The number of aliphatic carboxylic acids is 1. The molecule has 1 heterocycles. The van der Waals surface area contributed by atoms with Crippen LogP contribution in [-0.2, 0) is 16.1 Å². The standard InChI is InChI=1S/C19H22N2O5/c1-13-7-8-16(10-20-13)26-11-14-5-4-6-15(9-14)17(22)21-19(2,12-25-3)18(23)24/h4-10H,11-12H2,1-3H3,(H,21,22)(H,23,24). The predicted molar refractivity (Wildman–Crippen MR) is 95.1 cm³/mol. The minimum atomic E-state index is -1.51. The van der Waals surface area contributed by atoms with Crippen molar-refractivity contribution in [1.82, 2.24) is 10.3 Å². The maximum absolute atomic E-state index is 12.4. The van der Waals surface area contributed by atoms with Crippen LogP contribution in [0.5, 0.6) is 5.75 Å². The van der Waals surface area contributed by atoms with Gasteiger partial charge in [-0.1, -0.05) is 12.1 Å². The van der Waals surface area contributed by atoms with E-state index in [-0.39, 0.29) is 13.2 Å². The third-order valence-corrected chi connectivity index (χ3v) is 3.77. The lowest BCUT2D eigenvalue weighted by Gasteiger charge is -2.25. The molecule has 26 heavy (non-hydrogen) atoms. The first-order chi connectivity index (χ1) is 12.3. The van der Waals surface area contributed by atoms with E-state index in [2.05, 4.69) is 10.3 Å². The van der Waals surface area contributed by atoms with Gasteiger partial charge in [0.2, 0.25) is 0 Å². The number of rotatable bonds is 8. The first-order valence-corrected chi connectivity index (χ1v) is 8.03. The molecular formula is C19H22N2O5. The molecule has 0 aliphatic rings. The molecule has 1 unspecified atom stereocenters. The molecule has 2 aromatic rings. The SMILES string of the molecule is COCC(C)(NC(=O)c1cccc(COc2ccc(C)nc2)c1)C(=O)O. The third-order valence-electron chi connectivity index (χ3n) is 3.77. The number of carbonyl (C=O) groups is 2. The number of aromatic nitrogens is 1. The Morgan fingerprint density at radius 1 is 1.27 bits per heavy atom. The van der Waals surface area contributed by atoms with Crippen LogP contribution in [0, 0.1) is 6.92 Å². The second-order valence-electron chi connectivity index (χ2n) is 6.15. The van der Waals surface area contributed by atoms with Crippen LogP contribution in [0.4, 0.5) is 0 Å². The van der Waals surface area contributed by atoms with Crippen LogP contribution in [0.15, 0.2) is 42.6 Å². The molecule has 0 spiro atoms. The number of hydrogen-bond donors (Lipinski definition) is 2. The number of aryl methyl sites for hydroxylation is 1. The molecule has 0 aliphatic heterocycles. The van der Waals surface area contributed by atoms with Crippen molar-refractivity contribution in [3.63, 3.8) is 0 Å². The number of benzene rings is 1. The van der Waals surface area contributed by atoms with Crippen molar-refractivity contribution in [3.05, 3.63) is 59.4 Å². The van der Waals surface area contributed by atoms with E-state index >= 15 is 0 Å². The minimum absolute atomic E-state index is 0.142. The Morgan fingerprint density at radius 2 is 2.04 bits per heavy atom. The molecular weight excluding hydrogens is 336 g/mol. The Kier molecular flexibility index (Phi) is 6.30. The first kappa shape index (κ1) is 19.4. The number of carbonyl (C=O) groups excluding carboxylic acids is 1. The summed E-state index contributed by atoms with van der Waals surface area (Å²) in [5.74, 6) is -1.03. The molecule has 0 saturated carbocycles. The summed E-state index contributed by atoms with van der Waals surface area (Å²) in [6, 6.07) is 10.5. The van der Waals surface area contributed by atoms with Crippen molar-refractivity contribution in [3.8, 4) is 5.75 Å². The van der Waals surface area contributed by atoms with Crippen molar-refractivity contribution in [2.24, 2.45) is 0 Å². The number of carboxylic acid groups (broad SMARTS) is 1. The summed E-state index contributed by atoms with van der Waals surface area (Å²) in [7, 11) is 1.38. The van der Waals surface area contributed by atoms with Crippen LogP contribution in [0.1, 0.15) is 28.5 Å². The summed E-state index contributed by atoms with van der Waals surface area (Å²) in [6.45, 7) is 3.41. The maximum atomic E-state index is 12.4. The number of nitrogens with zero attached hydrogens (tertiary/aromatic N) is 1. The summed E-state index contributed by atoms with van der Waals surface area (Å²) in [5, 5.41) is 11.8. The van der Waals surface area contributed by atoms with Gasteiger partial charge < -0.3 is 19.9 Å². The van der Waals surface area contributed by atoms with E-state index in [9.17, 15) is 14.7 Å². The van der Waals surface area contributed by atoms with Crippen LogP contribution in [0.3, 0.4) is 0 Å². The molecule has 0 aliphatic carbocycles. The Hall–Kier alpha value is -2.93. The molecule has 2 N–H and O–H groups in total. The molecule has 0 saturated heterocycles. The van der Waals surface area contributed by atoms with Crippen molar-refractivity contribution >= 4 is 11.9 Å². The second-order valence-corrected chi connectivity index (χ2v) is 6.15. The largest absolute Gasteiger partial charge is 0.487 e.